The van der Waals surface area contributed by atoms with E-state index < -0.39 is 21.7 Å². The van der Waals surface area contributed by atoms with Gasteiger partial charge >= 0.3 is 11.7 Å². The number of rotatable bonds is 5. The van der Waals surface area contributed by atoms with Crippen molar-refractivity contribution in [3.05, 3.63) is 59.1 Å². The van der Waals surface area contributed by atoms with E-state index in [1.54, 1.807) is 30.3 Å². The molecule has 136 valence electrons. The maximum Gasteiger partial charge on any atom is 0.420 e. The van der Waals surface area contributed by atoms with Gasteiger partial charge in [0.25, 0.3) is 10.0 Å². The first-order valence-corrected chi connectivity index (χ1v) is 9.03. The molecule has 8 nitrogen and oxygen atoms in total. The second-order valence-electron chi connectivity index (χ2n) is 5.47. The Bertz CT molecular complexity index is 1120. The van der Waals surface area contributed by atoms with Crippen molar-refractivity contribution in [2.75, 3.05) is 18.5 Å². The molecule has 0 amide bonds. The quantitative estimate of drug-likeness (QED) is 0.627. The predicted octanol–water partition coefficient (Wildman–Crippen LogP) is 1.59. The van der Waals surface area contributed by atoms with Gasteiger partial charge in [-0.05, 0) is 24.3 Å². The molecule has 0 atom stereocenters. The average molecular weight is 376 g/mol. The minimum atomic E-state index is -3.84. The Labute approximate surface area is 149 Å². The Hall–Kier alpha value is -3.07. The van der Waals surface area contributed by atoms with Gasteiger partial charge in [0, 0.05) is 13.1 Å². The van der Waals surface area contributed by atoms with Crippen LogP contribution in [0.4, 0.5) is 5.69 Å². The summed E-state index contributed by atoms with van der Waals surface area (Å²) in [5, 5.41) is 0. The van der Waals surface area contributed by atoms with E-state index in [4.69, 9.17) is 4.42 Å². The van der Waals surface area contributed by atoms with E-state index >= 15 is 0 Å². The van der Waals surface area contributed by atoms with Crippen LogP contribution in [0.2, 0.25) is 0 Å². The Balaban J connectivity index is 2.04. The molecule has 0 unspecified atom stereocenters. The van der Waals surface area contributed by atoms with E-state index in [9.17, 15) is 18.0 Å². The summed E-state index contributed by atoms with van der Waals surface area (Å²) in [6.45, 7) is -0.321. The van der Waals surface area contributed by atoms with Crippen LogP contribution in [0, 0.1) is 0 Å². The number of anilines is 1. The number of para-hydroxylation sites is 1. The van der Waals surface area contributed by atoms with Crippen molar-refractivity contribution in [3.8, 4) is 0 Å². The lowest BCUT2D eigenvalue weighted by molar-refractivity contribution is -0.141. The van der Waals surface area contributed by atoms with Crippen molar-refractivity contribution >= 4 is 32.8 Å². The van der Waals surface area contributed by atoms with Gasteiger partial charge in [0.2, 0.25) is 0 Å². The van der Waals surface area contributed by atoms with E-state index in [2.05, 4.69) is 4.74 Å². The van der Waals surface area contributed by atoms with E-state index in [-0.39, 0.29) is 17.0 Å². The minimum Gasteiger partial charge on any atom is -0.468 e. The number of carbonyl (C=O) groups is 1. The number of hydrogen-bond donors (Lipinski definition) is 0. The molecule has 0 aliphatic rings. The number of aromatic nitrogens is 1. The number of fused-ring (bicyclic) bond motifs is 1. The SMILES string of the molecule is COC(=O)Cn1c(=O)oc2cc(S(=O)(=O)N(C)c3ccccc3)ccc21. The smallest absolute Gasteiger partial charge is 0.420 e. The van der Waals surface area contributed by atoms with Crippen LogP contribution in [0.25, 0.3) is 11.1 Å². The molecule has 0 aliphatic carbocycles. The van der Waals surface area contributed by atoms with Gasteiger partial charge < -0.3 is 9.15 Å². The Morgan fingerprint density at radius 3 is 2.54 bits per heavy atom. The third-order valence-corrected chi connectivity index (χ3v) is 5.71. The number of esters is 1. The molecule has 0 N–H and O–H groups in total. The number of oxazole rings is 1. The van der Waals surface area contributed by atoms with Gasteiger partial charge in [-0.15, -0.1) is 0 Å². The normalized spacial score (nSPS) is 11.5. The summed E-state index contributed by atoms with van der Waals surface area (Å²) < 4.78 is 37.5. The number of benzene rings is 2. The van der Waals surface area contributed by atoms with E-state index in [1.165, 1.54) is 32.4 Å². The van der Waals surface area contributed by atoms with Crippen LogP contribution in [-0.2, 0) is 26.1 Å². The standard InChI is InChI=1S/C17H16N2O6S/c1-18(12-6-4-3-5-7-12)26(22,23)13-8-9-14-15(10-13)25-17(21)19(14)11-16(20)24-2/h3-10H,11H2,1-2H3. The highest BCUT2D eigenvalue weighted by Crippen LogP contribution is 2.24. The molecule has 0 bridgehead atoms. The third kappa shape index (κ3) is 3.08. The van der Waals surface area contributed by atoms with Crippen molar-refractivity contribution in [1.29, 1.82) is 0 Å². The Morgan fingerprint density at radius 2 is 1.88 bits per heavy atom. The molecular weight excluding hydrogens is 360 g/mol. The minimum absolute atomic E-state index is 0.0321. The van der Waals surface area contributed by atoms with Gasteiger partial charge in [-0.3, -0.25) is 13.7 Å². The number of methoxy groups -OCH3 is 1. The van der Waals surface area contributed by atoms with Crippen LogP contribution in [0.1, 0.15) is 0 Å². The molecule has 1 aromatic heterocycles. The molecule has 0 radical (unpaired) electrons. The highest BCUT2D eigenvalue weighted by Gasteiger charge is 2.23. The molecule has 9 heteroatoms. The number of sulfonamides is 1. The second kappa shape index (κ2) is 6.68. The van der Waals surface area contributed by atoms with E-state index in [0.717, 1.165) is 8.87 Å². The molecule has 0 saturated carbocycles. The third-order valence-electron chi connectivity index (χ3n) is 3.93. The van der Waals surface area contributed by atoms with Crippen molar-refractivity contribution in [2.45, 2.75) is 11.4 Å². The molecule has 0 fully saturated rings. The van der Waals surface area contributed by atoms with Gasteiger partial charge in [0.1, 0.15) is 6.54 Å². The maximum absolute atomic E-state index is 12.8. The first kappa shape index (κ1) is 17.7. The van der Waals surface area contributed by atoms with Crippen molar-refractivity contribution in [1.82, 2.24) is 4.57 Å². The van der Waals surface area contributed by atoms with Crippen molar-refractivity contribution < 1.29 is 22.4 Å². The Morgan fingerprint density at radius 1 is 1.19 bits per heavy atom. The summed E-state index contributed by atoms with van der Waals surface area (Å²) in [5.41, 5.74) is 0.875. The summed E-state index contributed by atoms with van der Waals surface area (Å²) >= 11 is 0. The van der Waals surface area contributed by atoms with Crippen LogP contribution in [-0.4, -0.2) is 33.1 Å². The van der Waals surface area contributed by atoms with Gasteiger partial charge in [0.05, 0.1) is 23.2 Å². The van der Waals surface area contributed by atoms with Crippen LogP contribution >= 0.6 is 0 Å². The van der Waals surface area contributed by atoms with Crippen LogP contribution in [0.15, 0.2) is 62.6 Å². The number of carbonyl (C=O) groups excluding carboxylic acids is 1. The molecule has 26 heavy (non-hydrogen) atoms. The first-order chi connectivity index (χ1) is 12.3. The fourth-order valence-electron chi connectivity index (χ4n) is 2.49. The van der Waals surface area contributed by atoms with Gasteiger partial charge in [-0.25, -0.2) is 13.2 Å². The summed E-state index contributed by atoms with van der Waals surface area (Å²) in [5.74, 6) is -1.38. The summed E-state index contributed by atoms with van der Waals surface area (Å²) in [6, 6.07) is 12.6. The number of hydrogen-bond acceptors (Lipinski definition) is 6. The number of ether oxygens (including phenoxy) is 1. The van der Waals surface area contributed by atoms with Crippen LogP contribution in [0.5, 0.6) is 0 Å². The molecule has 1 heterocycles. The fraction of sp³-hybridized carbons (Fsp3) is 0.176. The van der Waals surface area contributed by atoms with Crippen LogP contribution in [0.3, 0.4) is 0 Å². The zero-order chi connectivity index (χ0) is 18.9. The highest BCUT2D eigenvalue weighted by molar-refractivity contribution is 7.92. The van der Waals surface area contributed by atoms with E-state index in [1.807, 2.05) is 0 Å². The molecular formula is C17H16N2O6S. The second-order valence-corrected chi connectivity index (χ2v) is 7.44. The van der Waals surface area contributed by atoms with Crippen molar-refractivity contribution in [2.24, 2.45) is 0 Å². The zero-order valence-corrected chi connectivity index (χ0v) is 14.9. The highest BCUT2D eigenvalue weighted by atomic mass is 32.2. The molecule has 3 rings (SSSR count). The Kier molecular flexibility index (Phi) is 4.56. The molecule has 0 saturated heterocycles. The predicted molar refractivity (Wildman–Crippen MR) is 94.5 cm³/mol. The average Bonchev–Trinajstić information content (AvgIpc) is 2.96. The summed E-state index contributed by atoms with van der Waals surface area (Å²) in [7, 11) is -1.20. The molecule has 3 aromatic rings. The lowest BCUT2D eigenvalue weighted by atomic mass is 10.3. The topological polar surface area (TPSA) is 98.8 Å². The van der Waals surface area contributed by atoms with Gasteiger partial charge in [-0.1, -0.05) is 18.2 Å². The largest absolute Gasteiger partial charge is 0.468 e. The monoisotopic (exact) mass is 376 g/mol. The lowest BCUT2D eigenvalue weighted by Crippen LogP contribution is -2.26. The summed E-state index contributed by atoms with van der Waals surface area (Å²) in [4.78, 5) is 23.3. The van der Waals surface area contributed by atoms with E-state index in [0.29, 0.717) is 11.2 Å². The summed E-state index contributed by atoms with van der Waals surface area (Å²) in [6.07, 6.45) is 0. The maximum atomic E-state index is 12.8. The zero-order valence-electron chi connectivity index (χ0n) is 14.1. The fourth-order valence-corrected chi connectivity index (χ4v) is 3.70. The molecule has 0 aliphatic heterocycles. The van der Waals surface area contributed by atoms with Crippen LogP contribution < -0.4 is 10.1 Å². The molecule has 0 spiro atoms. The lowest BCUT2D eigenvalue weighted by Gasteiger charge is -2.19. The van der Waals surface area contributed by atoms with Gasteiger partial charge in [0.15, 0.2) is 5.58 Å². The number of nitrogens with zero attached hydrogens (tertiary/aromatic N) is 2. The van der Waals surface area contributed by atoms with Gasteiger partial charge in [-0.2, -0.15) is 0 Å². The first-order valence-electron chi connectivity index (χ1n) is 7.59. The molecule has 2 aromatic carbocycles. The van der Waals surface area contributed by atoms with Crippen molar-refractivity contribution in [3.63, 3.8) is 0 Å².